The SMILES string of the molecule is NCC(O)[C@@H]1CCCN1Cc1ccccc1. The fraction of sp³-hybridized carbons (Fsp3) is 0.538. The van der Waals surface area contributed by atoms with Gasteiger partial charge in [-0.3, -0.25) is 4.90 Å². The molecule has 0 radical (unpaired) electrons. The maximum atomic E-state index is 9.84. The Labute approximate surface area is 96.9 Å². The summed E-state index contributed by atoms with van der Waals surface area (Å²) in [6.07, 6.45) is 1.84. The van der Waals surface area contributed by atoms with E-state index in [0.717, 1.165) is 25.9 Å². The highest BCUT2D eigenvalue weighted by Gasteiger charge is 2.29. The minimum Gasteiger partial charge on any atom is -0.390 e. The van der Waals surface area contributed by atoms with Gasteiger partial charge in [-0.1, -0.05) is 30.3 Å². The van der Waals surface area contributed by atoms with Crippen LogP contribution >= 0.6 is 0 Å². The van der Waals surface area contributed by atoms with Gasteiger partial charge in [-0.05, 0) is 24.9 Å². The molecule has 3 N–H and O–H groups in total. The van der Waals surface area contributed by atoms with Gasteiger partial charge in [0.25, 0.3) is 0 Å². The lowest BCUT2D eigenvalue weighted by Gasteiger charge is -2.27. The molecule has 0 bridgehead atoms. The van der Waals surface area contributed by atoms with E-state index in [9.17, 15) is 5.11 Å². The van der Waals surface area contributed by atoms with Crippen molar-refractivity contribution >= 4 is 0 Å². The van der Waals surface area contributed by atoms with Gasteiger partial charge in [0.15, 0.2) is 0 Å². The lowest BCUT2D eigenvalue weighted by Crippen LogP contribution is -2.42. The Hall–Kier alpha value is -0.900. The first-order valence-electron chi connectivity index (χ1n) is 5.97. The van der Waals surface area contributed by atoms with E-state index in [1.807, 2.05) is 6.07 Å². The van der Waals surface area contributed by atoms with Gasteiger partial charge in [0.05, 0.1) is 6.10 Å². The highest BCUT2D eigenvalue weighted by Crippen LogP contribution is 2.22. The lowest BCUT2D eigenvalue weighted by molar-refractivity contribution is 0.0753. The van der Waals surface area contributed by atoms with Crippen LogP contribution in [0.15, 0.2) is 30.3 Å². The number of nitrogens with zero attached hydrogens (tertiary/aromatic N) is 1. The quantitative estimate of drug-likeness (QED) is 0.795. The molecule has 1 saturated heterocycles. The van der Waals surface area contributed by atoms with Crippen molar-refractivity contribution in [2.45, 2.75) is 31.5 Å². The minimum atomic E-state index is -0.383. The smallest absolute Gasteiger partial charge is 0.0817 e. The van der Waals surface area contributed by atoms with Gasteiger partial charge in [-0.25, -0.2) is 0 Å². The van der Waals surface area contributed by atoms with Gasteiger partial charge in [0.2, 0.25) is 0 Å². The van der Waals surface area contributed by atoms with Crippen molar-refractivity contribution in [3.8, 4) is 0 Å². The van der Waals surface area contributed by atoms with Crippen molar-refractivity contribution in [2.75, 3.05) is 13.1 Å². The molecule has 88 valence electrons. The molecule has 1 heterocycles. The van der Waals surface area contributed by atoms with E-state index in [4.69, 9.17) is 5.73 Å². The zero-order chi connectivity index (χ0) is 11.4. The predicted molar refractivity (Wildman–Crippen MR) is 64.9 cm³/mol. The Morgan fingerprint density at radius 2 is 2.12 bits per heavy atom. The van der Waals surface area contributed by atoms with Gasteiger partial charge >= 0.3 is 0 Å². The van der Waals surface area contributed by atoms with Crippen molar-refractivity contribution in [3.63, 3.8) is 0 Å². The molecule has 1 aliphatic heterocycles. The van der Waals surface area contributed by atoms with Crippen LogP contribution < -0.4 is 5.73 Å². The second-order valence-electron chi connectivity index (χ2n) is 4.47. The molecule has 0 spiro atoms. The summed E-state index contributed by atoms with van der Waals surface area (Å²) < 4.78 is 0. The normalized spacial score (nSPS) is 23.5. The Morgan fingerprint density at radius 1 is 1.38 bits per heavy atom. The first-order chi connectivity index (χ1) is 7.81. The number of rotatable bonds is 4. The number of likely N-dealkylation sites (tertiary alicyclic amines) is 1. The van der Waals surface area contributed by atoms with Gasteiger partial charge in [-0.2, -0.15) is 0 Å². The van der Waals surface area contributed by atoms with E-state index in [2.05, 4.69) is 29.2 Å². The van der Waals surface area contributed by atoms with Gasteiger partial charge in [0, 0.05) is 19.1 Å². The van der Waals surface area contributed by atoms with E-state index >= 15 is 0 Å². The minimum absolute atomic E-state index is 0.241. The summed E-state index contributed by atoms with van der Waals surface area (Å²) in [5.41, 5.74) is 6.84. The van der Waals surface area contributed by atoms with Crippen LogP contribution in [0.3, 0.4) is 0 Å². The zero-order valence-corrected chi connectivity index (χ0v) is 9.55. The summed E-state index contributed by atoms with van der Waals surface area (Å²) in [7, 11) is 0. The van der Waals surface area contributed by atoms with E-state index in [1.165, 1.54) is 5.56 Å². The number of hydrogen-bond acceptors (Lipinski definition) is 3. The average molecular weight is 220 g/mol. The molecule has 3 nitrogen and oxygen atoms in total. The van der Waals surface area contributed by atoms with Crippen LogP contribution in [-0.2, 0) is 6.54 Å². The summed E-state index contributed by atoms with van der Waals surface area (Å²) in [4.78, 5) is 2.34. The van der Waals surface area contributed by atoms with Gasteiger partial charge in [-0.15, -0.1) is 0 Å². The fourth-order valence-corrected chi connectivity index (χ4v) is 2.46. The van der Waals surface area contributed by atoms with Crippen molar-refractivity contribution in [1.82, 2.24) is 4.90 Å². The molecular formula is C13H20N2O. The second-order valence-corrected chi connectivity index (χ2v) is 4.47. The number of benzene rings is 1. The molecular weight excluding hydrogens is 200 g/mol. The maximum Gasteiger partial charge on any atom is 0.0817 e. The molecule has 16 heavy (non-hydrogen) atoms. The summed E-state index contributed by atoms with van der Waals surface area (Å²) in [5, 5.41) is 9.84. The van der Waals surface area contributed by atoms with Crippen LogP contribution in [-0.4, -0.2) is 35.2 Å². The van der Waals surface area contributed by atoms with Crippen LogP contribution in [0, 0.1) is 0 Å². The molecule has 0 aromatic heterocycles. The third-order valence-electron chi connectivity index (χ3n) is 3.33. The third kappa shape index (κ3) is 2.61. The third-order valence-corrected chi connectivity index (χ3v) is 3.33. The standard InChI is InChI=1S/C13H20N2O/c14-9-13(16)12-7-4-8-15(12)10-11-5-2-1-3-6-11/h1-3,5-6,12-13,16H,4,7-10,14H2/t12-,13?/m0/s1. The number of aliphatic hydroxyl groups excluding tert-OH is 1. The van der Waals surface area contributed by atoms with E-state index in [0.29, 0.717) is 6.54 Å². The zero-order valence-electron chi connectivity index (χ0n) is 9.55. The van der Waals surface area contributed by atoms with Crippen LogP contribution in [0.25, 0.3) is 0 Å². The average Bonchev–Trinajstić information content (AvgIpc) is 2.77. The monoisotopic (exact) mass is 220 g/mol. The molecule has 1 unspecified atom stereocenters. The number of aliphatic hydroxyl groups is 1. The van der Waals surface area contributed by atoms with Crippen LogP contribution in [0.1, 0.15) is 18.4 Å². The Balaban J connectivity index is 1.99. The first kappa shape index (κ1) is 11.6. The largest absolute Gasteiger partial charge is 0.390 e. The number of nitrogens with two attached hydrogens (primary N) is 1. The van der Waals surface area contributed by atoms with Crippen LogP contribution in [0.4, 0.5) is 0 Å². The highest BCUT2D eigenvalue weighted by molar-refractivity contribution is 5.14. The summed E-state index contributed by atoms with van der Waals surface area (Å²) in [6.45, 7) is 2.34. The molecule has 2 rings (SSSR count). The predicted octanol–water partition coefficient (Wildman–Crippen LogP) is 0.971. The highest BCUT2D eigenvalue weighted by atomic mass is 16.3. The Morgan fingerprint density at radius 3 is 2.81 bits per heavy atom. The molecule has 0 saturated carbocycles. The van der Waals surface area contributed by atoms with E-state index in [1.54, 1.807) is 0 Å². The van der Waals surface area contributed by atoms with Crippen molar-refractivity contribution in [3.05, 3.63) is 35.9 Å². The van der Waals surface area contributed by atoms with E-state index < -0.39 is 0 Å². The summed E-state index contributed by atoms with van der Waals surface area (Å²) in [5.74, 6) is 0. The first-order valence-corrected chi connectivity index (χ1v) is 5.97. The fourth-order valence-electron chi connectivity index (χ4n) is 2.46. The molecule has 1 aliphatic rings. The second kappa shape index (κ2) is 5.43. The molecule has 0 amide bonds. The summed E-state index contributed by atoms with van der Waals surface area (Å²) in [6, 6.07) is 10.6. The van der Waals surface area contributed by atoms with Crippen LogP contribution in [0.5, 0.6) is 0 Å². The van der Waals surface area contributed by atoms with Crippen molar-refractivity contribution in [2.24, 2.45) is 5.73 Å². The Kier molecular flexibility index (Phi) is 3.93. The van der Waals surface area contributed by atoms with Crippen LogP contribution in [0.2, 0.25) is 0 Å². The molecule has 3 heteroatoms. The molecule has 1 aromatic rings. The molecule has 2 atom stereocenters. The topological polar surface area (TPSA) is 49.5 Å². The van der Waals surface area contributed by atoms with E-state index in [-0.39, 0.29) is 12.1 Å². The van der Waals surface area contributed by atoms with Gasteiger partial charge in [0.1, 0.15) is 0 Å². The van der Waals surface area contributed by atoms with Crippen molar-refractivity contribution in [1.29, 1.82) is 0 Å². The van der Waals surface area contributed by atoms with Gasteiger partial charge < -0.3 is 10.8 Å². The molecule has 1 aromatic carbocycles. The molecule has 0 aliphatic carbocycles. The number of hydrogen-bond donors (Lipinski definition) is 2. The molecule has 1 fully saturated rings. The Bertz CT molecular complexity index is 315. The van der Waals surface area contributed by atoms with Crippen molar-refractivity contribution < 1.29 is 5.11 Å². The maximum absolute atomic E-state index is 9.84. The lowest BCUT2D eigenvalue weighted by atomic mass is 10.1. The summed E-state index contributed by atoms with van der Waals surface area (Å²) >= 11 is 0.